The van der Waals surface area contributed by atoms with E-state index in [-0.39, 0.29) is 6.10 Å². The number of rotatable bonds is 4. The van der Waals surface area contributed by atoms with Crippen molar-refractivity contribution in [2.45, 2.75) is 52.1 Å². The summed E-state index contributed by atoms with van der Waals surface area (Å²) in [6.45, 7) is 6.13. The molecule has 2 aromatic carbocycles. The van der Waals surface area contributed by atoms with Gasteiger partial charge in [0.15, 0.2) is 0 Å². The lowest BCUT2D eigenvalue weighted by Gasteiger charge is -2.23. The van der Waals surface area contributed by atoms with E-state index < -0.39 is 0 Å². The number of nitriles is 1. The normalized spacial score (nSPS) is 15.9. The first kappa shape index (κ1) is 18.2. The molecule has 28 heavy (non-hydrogen) atoms. The molecule has 5 heteroatoms. The summed E-state index contributed by atoms with van der Waals surface area (Å²) in [5, 5.41) is 13.7. The predicted octanol–water partition coefficient (Wildman–Crippen LogP) is 5.50. The molecule has 0 saturated carbocycles. The van der Waals surface area contributed by atoms with Crippen molar-refractivity contribution in [3.63, 3.8) is 0 Å². The van der Waals surface area contributed by atoms with Gasteiger partial charge in [-0.2, -0.15) is 10.2 Å². The first-order valence-corrected chi connectivity index (χ1v) is 9.74. The minimum absolute atomic E-state index is 0.000365. The topological polar surface area (TPSA) is 71.9 Å². The van der Waals surface area contributed by atoms with Gasteiger partial charge < -0.3 is 9.26 Å². The van der Waals surface area contributed by atoms with Crippen LogP contribution < -0.4 is 4.74 Å². The molecule has 1 aromatic heterocycles. The van der Waals surface area contributed by atoms with E-state index in [0.717, 1.165) is 12.0 Å². The largest absolute Gasteiger partial charge is 0.490 e. The van der Waals surface area contributed by atoms with Crippen LogP contribution in [-0.4, -0.2) is 16.2 Å². The molecule has 0 spiro atoms. The minimum Gasteiger partial charge on any atom is -0.490 e. The van der Waals surface area contributed by atoms with Crippen LogP contribution in [0, 0.1) is 11.3 Å². The Morgan fingerprint density at radius 3 is 2.89 bits per heavy atom. The molecule has 4 rings (SSSR count). The highest BCUT2D eigenvalue weighted by molar-refractivity contribution is 5.66. The molecule has 1 aliphatic carbocycles. The molecule has 0 radical (unpaired) electrons. The fourth-order valence-electron chi connectivity index (χ4n) is 3.85. The van der Waals surface area contributed by atoms with Gasteiger partial charge in [-0.05, 0) is 68.4 Å². The van der Waals surface area contributed by atoms with Gasteiger partial charge in [-0.1, -0.05) is 30.3 Å². The highest BCUT2D eigenvalue weighted by atomic mass is 16.5. The third kappa shape index (κ3) is 3.38. The number of benzene rings is 2. The molecular weight excluding hydrogens is 350 g/mol. The smallest absolute Gasteiger partial charge is 0.258 e. The van der Waals surface area contributed by atoms with Crippen molar-refractivity contribution in [3.8, 4) is 34.7 Å². The summed E-state index contributed by atoms with van der Waals surface area (Å²) >= 11 is 0. The van der Waals surface area contributed by atoms with Crippen molar-refractivity contribution >= 4 is 0 Å². The summed E-state index contributed by atoms with van der Waals surface area (Å²) in [7, 11) is 0. The van der Waals surface area contributed by atoms with E-state index in [2.05, 4.69) is 41.3 Å². The van der Waals surface area contributed by atoms with Crippen LogP contribution in [0.4, 0.5) is 0 Å². The van der Waals surface area contributed by atoms with Crippen LogP contribution in [-0.2, 0) is 6.42 Å². The molecule has 142 valence electrons. The second kappa shape index (κ2) is 7.47. The van der Waals surface area contributed by atoms with Crippen LogP contribution >= 0.6 is 0 Å². The van der Waals surface area contributed by atoms with Crippen molar-refractivity contribution in [1.29, 1.82) is 5.26 Å². The van der Waals surface area contributed by atoms with E-state index in [1.54, 1.807) is 12.1 Å². The first-order valence-electron chi connectivity index (χ1n) is 9.74. The number of ether oxygens (including phenoxy) is 1. The van der Waals surface area contributed by atoms with Crippen LogP contribution in [0.3, 0.4) is 0 Å². The molecule has 0 N–H and O–H groups in total. The Balaban J connectivity index is 1.70. The predicted molar refractivity (Wildman–Crippen MR) is 107 cm³/mol. The van der Waals surface area contributed by atoms with E-state index in [9.17, 15) is 5.26 Å². The van der Waals surface area contributed by atoms with Gasteiger partial charge in [-0.25, -0.2) is 0 Å². The number of hydrogen-bond donors (Lipinski definition) is 0. The Morgan fingerprint density at radius 1 is 1.25 bits per heavy atom. The zero-order chi connectivity index (χ0) is 19.7. The maximum atomic E-state index is 9.45. The zero-order valence-corrected chi connectivity index (χ0v) is 16.4. The summed E-state index contributed by atoms with van der Waals surface area (Å²) in [6, 6.07) is 13.9. The maximum Gasteiger partial charge on any atom is 0.258 e. The monoisotopic (exact) mass is 373 g/mol. The Bertz CT molecular complexity index is 1050. The SMILES string of the molecule is CC(C)Oc1ccc(-c2nc(-c3cccc4c3CCC[C@H]4C)no2)cc1C#N. The Labute approximate surface area is 165 Å². The summed E-state index contributed by atoms with van der Waals surface area (Å²) in [6.07, 6.45) is 3.44. The molecule has 0 aliphatic heterocycles. The molecular formula is C23H23N3O2. The summed E-state index contributed by atoms with van der Waals surface area (Å²) in [4.78, 5) is 4.62. The Morgan fingerprint density at radius 2 is 2.11 bits per heavy atom. The second-order valence-corrected chi connectivity index (χ2v) is 7.58. The molecule has 0 unspecified atom stereocenters. The van der Waals surface area contributed by atoms with E-state index in [1.165, 1.54) is 24.0 Å². The molecule has 5 nitrogen and oxygen atoms in total. The van der Waals surface area contributed by atoms with E-state index in [0.29, 0.717) is 34.5 Å². The van der Waals surface area contributed by atoms with E-state index >= 15 is 0 Å². The molecule has 0 bridgehead atoms. The lowest BCUT2D eigenvalue weighted by atomic mass is 9.81. The van der Waals surface area contributed by atoms with Gasteiger partial charge in [-0.3, -0.25) is 0 Å². The van der Waals surface area contributed by atoms with Crippen LogP contribution in [0.15, 0.2) is 40.9 Å². The van der Waals surface area contributed by atoms with Gasteiger partial charge in [0.1, 0.15) is 11.8 Å². The molecule has 1 atom stereocenters. The quantitative estimate of drug-likeness (QED) is 0.603. The molecule has 3 aromatic rings. The van der Waals surface area contributed by atoms with Gasteiger partial charge in [-0.15, -0.1) is 0 Å². The lowest BCUT2D eigenvalue weighted by molar-refractivity contribution is 0.242. The van der Waals surface area contributed by atoms with Crippen molar-refractivity contribution in [2.75, 3.05) is 0 Å². The van der Waals surface area contributed by atoms with Crippen LogP contribution in [0.1, 0.15) is 56.2 Å². The molecule has 0 fully saturated rings. The second-order valence-electron chi connectivity index (χ2n) is 7.58. The molecule has 1 aliphatic rings. The maximum absolute atomic E-state index is 9.45. The zero-order valence-electron chi connectivity index (χ0n) is 16.4. The summed E-state index contributed by atoms with van der Waals surface area (Å²) < 4.78 is 11.2. The standard InChI is InChI=1S/C23H23N3O2/c1-14(2)27-21-11-10-16(12-17(21)13-24)23-25-22(26-28-23)20-9-5-7-18-15(3)6-4-8-19(18)20/h5,7,9-12,14-15H,4,6,8H2,1-3H3/t15-/m1/s1. The number of nitrogens with zero attached hydrogens (tertiary/aromatic N) is 3. The van der Waals surface area contributed by atoms with Gasteiger partial charge in [0.05, 0.1) is 11.7 Å². The average Bonchev–Trinajstić information content (AvgIpc) is 3.18. The number of aromatic nitrogens is 2. The molecule has 0 saturated heterocycles. The van der Waals surface area contributed by atoms with Crippen molar-refractivity contribution in [3.05, 3.63) is 53.1 Å². The summed E-state index contributed by atoms with van der Waals surface area (Å²) in [5.41, 5.74) is 4.92. The van der Waals surface area contributed by atoms with Crippen molar-refractivity contribution < 1.29 is 9.26 Å². The molecule has 0 amide bonds. The third-order valence-corrected chi connectivity index (χ3v) is 5.18. The lowest BCUT2D eigenvalue weighted by Crippen LogP contribution is -2.08. The Kier molecular flexibility index (Phi) is 4.87. The fourth-order valence-corrected chi connectivity index (χ4v) is 3.85. The minimum atomic E-state index is -0.000365. The van der Waals surface area contributed by atoms with Gasteiger partial charge in [0.2, 0.25) is 5.82 Å². The van der Waals surface area contributed by atoms with Crippen molar-refractivity contribution in [2.24, 2.45) is 0 Å². The van der Waals surface area contributed by atoms with Crippen LogP contribution in [0.25, 0.3) is 22.8 Å². The average molecular weight is 373 g/mol. The van der Waals surface area contributed by atoms with Crippen LogP contribution in [0.5, 0.6) is 5.75 Å². The van der Waals surface area contributed by atoms with Crippen molar-refractivity contribution in [1.82, 2.24) is 10.1 Å². The highest BCUT2D eigenvalue weighted by Gasteiger charge is 2.22. The van der Waals surface area contributed by atoms with Gasteiger partial charge in [0, 0.05) is 11.1 Å². The highest BCUT2D eigenvalue weighted by Crippen LogP contribution is 2.37. The van der Waals surface area contributed by atoms with Crippen LogP contribution in [0.2, 0.25) is 0 Å². The number of fused-ring (bicyclic) bond motifs is 1. The van der Waals surface area contributed by atoms with Gasteiger partial charge in [0.25, 0.3) is 5.89 Å². The van der Waals surface area contributed by atoms with Gasteiger partial charge >= 0.3 is 0 Å². The summed E-state index contributed by atoms with van der Waals surface area (Å²) in [5.74, 6) is 2.12. The van der Waals surface area contributed by atoms with E-state index in [4.69, 9.17) is 9.26 Å². The van der Waals surface area contributed by atoms with E-state index in [1.807, 2.05) is 19.9 Å². The third-order valence-electron chi connectivity index (χ3n) is 5.18. The molecule has 1 heterocycles. The first-order chi connectivity index (χ1) is 13.6. The number of hydrogen-bond acceptors (Lipinski definition) is 5. The fraction of sp³-hybridized carbons (Fsp3) is 0.348. The Hall–Kier alpha value is -3.13.